The number of likely N-dealkylation sites (tertiary alicyclic amines) is 1. The number of carbonyl (C=O) groups excluding carboxylic acids is 2. The zero-order chi connectivity index (χ0) is 12.7. The van der Waals surface area contributed by atoms with Gasteiger partial charge in [0.15, 0.2) is 0 Å². The van der Waals surface area contributed by atoms with Crippen LogP contribution in [0, 0.1) is 0 Å². The molecule has 17 heavy (non-hydrogen) atoms. The van der Waals surface area contributed by atoms with Crippen molar-refractivity contribution in [3.63, 3.8) is 0 Å². The molecule has 0 saturated carbocycles. The quantitative estimate of drug-likeness (QED) is 0.620. The van der Waals surface area contributed by atoms with Crippen LogP contribution < -0.4 is 5.32 Å². The predicted octanol–water partition coefficient (Wildman–Crippen LogP) is 1.68. The van der Waals surface area contributed by atoms with Gasteiger partial charge in [0.1, 0.15) is 0 Å². The summed E-state index contributed by atoms with van der Waals surface area (Å²) >= 11 is 3.36. The van der Waals surface area contributed by atoms with E-state index in [1.54, 1.807) is 0 Å². The van der Waals surface area contributed by atoms with Crippen molar-refractivity contribution in [2.75, 3.05) is 18.4 Å². The average Bonchev–Trinajstić information content (AvgIpc) is 2.29. The van der Waals surface area contributed by atoms with Gasteiger partial charge in [-0.3, -0.25) is 9.59 Å². The van der Waals surface area contributed by atoms with Crippen LogP contribution in [-0.4, -0.2) is 41.2 Å². The number of nitrogens with zero attached hydrogens (tertiary/aromatic N) is 1. The van der Waals surface area contributed by atoms with Crippen LogP contribution >= 0.6 is 15.9 Å². The summed E-state index contributed by atoms with van der Waals surface area (Å²) < 4.78 is 0. The number of nitrogens with one attached hydrogen (secondary N) is 1. The van der Waals surface area contributed by atoms with Gasteiger partial charge < -0.3 is 10.2 Å². The first-order chi connectivity index (χ1) is 8.13. The SMILES string of the molecule is CC(=O)NC1CCN(C(=O)CCCCBr)CC1. The minimum atomic E-state index is 0.0205. The Morgan fingerprint density at radius 1 is 1.29 bits per heavy atom. The van der Waals surface area contributed by atoms with E-state index in [1.807, 2.05) is 4.90 Å². The van der Waals surface area contributed by atoms with Crippen LogP contribution in [0.4, 0.5) is 0 Å². The maximum Gasteiger partial charge on any atom is 0.222 e. The molecule has 1 aliphatic heterocycles. The fraction of sp³-hybridized carbons (Fsp3) is 0.833. The molecule has 0 aliphatic carbocycles. The second kappa shape index (κ2) is 7.69. The molecule has 1 aliphatic rings. The van der Waals surface area contributed by atoms with Crippen LogP contribution in [0.25, 0.3) is 0 Å². The number of carbonyl (C=O) groups is 2. The maximum atomic E-state index is 11.8. The fourth-order valence-corrected chi connectivity index (χ4v) is 2.49. The molecule has 2 amide bonds. The molecule has 5 heteroatoms. The van der Waals surface area contributed by atoms with Gasteiger partial charge in [0.05, 0.1) is 0 Å². The van der Waals surface area contributed by atoms with Gasteiger partial charge in [-0.05, 0) is 25.7 Å². The Morgan fingerprint density at radius 2 is 1.94 bits per heavy atom. The number of hydrogen-bond donors (Lipinski definition) is 1. The molecule has 1 heterocycles. The van der Waals surface area contributed by atoms with Gasteiger partial charge in [0.25, 0.3) is 0 Å². The number of unbranched alkanes of at least 4 members (excludes halogenated alkanes) is 1. The molecule has 1 fully saturated rings. The Hall–Kier alpha value is -0.580. The van der Waals surface area contributed by atoms with E-state index >= 15 is 0 Å². The van der Waals surface area contributed by atoms with Crippen molar-refractivity contribution in [3.05, 3.63) is 0 Å². The molecule has 0 aromatic heterocycles. The van der Waals surface area contributed by atoms with E-state index in [0.717, 1.165) is 44.1 Å². The molecule has 0 spiro atoms. The molecule has 4 nitrogen and oxygen atoms in total. The molecule has 0 radical (unpaired) electrons. The normalized spacial score (nSPS) is 16.9. The number of hydrogen-bond acceptors (Lipinski definition) is 2. The third-order valence-electron chi connectivity index (χ3n) is 3.03. The molecule has 0 aromatic carbocycles. The van der Waals surface area contributed by atoms with Crippen LogP contribution in [0.15, 0.2) is 0 Å². The number of piperidine rings is 1. The van der Waals surface area contributed by atoms with Gasteiger partial charge in [0.2, 0.25) is 11.8 Å². The van der Waals surface area contributed by atoms with Crippen molar-refractivity contribution < 1.29 is 9.59 Å². The Labute approximate surface area is 111 Å². The minimum Gasteiger partial charge on any atom is -0.353 e. The Morgan fingerprint density at radius 3 is 2.47 bits per heavy atom. The largest absolute Gasteiger partial charge is 0.353 e. The van der Waals surface area contributed by atoms with Crippen molar-refractivity contribution >= 4 is 27.7 Å². The van der Waals surface area contributed by atoms with E-state index in [0.29, 0.717) is 6.42 Å². The Bertz CT molecular complexity index is 263. The fourth-order valence-electron chi connectivity index (χ4n) is 2.09. The van der Waals surface area contributed by atoms with E-state index in [2.05, 4.69) is 21.2 Å². The van der Waals surface area contributed by atoms with Gasteiger partial charge in [-0.1, -0.05) is 15.9 Å². The van der Waals surface area contributed by atoms with E-state index < -0.39 is 0 Å². The third kappa shape index (κ3) is 5.52. The summed E-state index contributed by atoms with van der Waals surface area (Å²) in [7, 11) is 0. The van der Waals surface area contributed by atoms with Crippen molar-refractivity contribution in [1.82, 2.24) is 10.2 Å². The molecule has 0 atom stereocenters. The van der Waals surface area contributed by atoms with Gasteiger partial charge in [-0.15, -0.1) is 0 Å². The standard InChI is InChI=1S/C12H21BrN2O2/c1-10(16)14-11-5-8-15(9-6-11)12(17)4-2-3-7-13/h11H,2-9H2,1H3,(H,14,16). The number of alkyl halides is 1. The van der Waals surface area contributed by atoms with Crippen molar-refractivity contribution in [3.8, 4) is 0 Å². The van der Waals surface area contributed by atoms with Crippen LogP contribution in [0.2, 0.25) is 0 Å². The smallest absolute Gasteiger partial charge is 0.222 e. The molecule has 0 aromatic rings. The maximum absolute atomic E-state index is 11.8. The van der Waals surface area contributed by atoms with Crippen molar-refractivity contribution in [2.24, 2.45) is 0 Å². The Kier molecular flexibility index (Phi) is 6.55. The highest BCUT2D eigenvalue weighted by Crippen LogP contribution is 2.12. The van der Waals surface area contributed by atoms with Gasteiger partial charge in [-0.2, -0.15) is 0 Å². The molecule has 1 rings (SSSR count). The molecule has 98 valence electrons. The summed E-state index contributed by atoms with van der Waals surface area (Å²) in [5, 5.41) is 3.87. The second-order valence-electron chi connectivity index (χ2n) is 4.50. The first kappa shape index (κ1) is 14.5. The summed E-state index contributed by atoms with van der Waals surface area (Å²) in [6.45, 7) is 3.09. The molecular formula is C12H21BrN2O2. The molecule has 1 saturated heterocycles. The highest BCUT2D eigenvalue weighted by atomic mass is 79.9. The lowest BCUT2D eigenvalue weighted by atomic mass is 10.0. The van der Waals surface area contributed by atoms with Crippen LogP contribution in [0.1, 0.15) is 39.0 Å². The zero-order valence-corrected chi connectivity index (χ0v) is 12.0. The first-order valence-electron chi connectivity index (χ1n) is 6.24. The molecule has 0 bridgehead atoms. The summed E-state index contributed by atoms with van der Waals surface area (Å²) in [6, 6.07) is 0.249. The summed E-state index contributed by atoms with van der Waals surface area (Å²) in [6.07, 6.45) is 4.41. The van der Waals surface area contributed by atoms with Gasteiger partial charge >= 0.3 is 0 Å². The van der Waals surface area contributed by atoms with Gasteiger partial charge in [0, 0.05) is 37.8 Å². The lowest BCUT2D eigenvalue weighted by molar-refractivity contribution is -0.132. The van der Waals surface area contributed by atoms with Crippen LogP contribution in [-0.2, 0) is 9.59 Å². The first-order valence-corrected chi connectivity index (χ1v) is 7.36. The van der Waals surface area contributed by atoms with Gasteiger partial charge in [-0.25, -0.2) is 0 Å². The minimum absolute atomic E-state index is 0.0205. The number of amides is 2. The molecular weight excluding hydrogens is 284 g/mol. The second-order valence-corrected chi connectivity index (χ2v) is 5.29. The lowest BCUT2D eigenvalue weighted by Gasteiger charge is -2.32. The number of rotatable bonds is 5. The predicted molar refractivity (Wildman–Crippen MR) is 71.1 cm³/mol. The summed E-state index contributed by atoms with van der Waals surface area (Å²) in [5.41, 5.74) is 0. The highest BCUT2D eigenvalue weighted by molar-refractivity contribution is 9.09. The molecule has 1 N–H and O–H groups in total. The van der Waals surface area contributed by atoms with Crippen LogP contribution in [0.5, 0.6) is 0 Å². The van der Waals surface area contributed by atoms with Crippen LogP contribution in [0.3, 0.4) is 0 Å². The monoisotopic (exact) mass is 304 g/mol. The summed E-state index contributed by atoms with van der Waals surface area (Å²) in [5.74, 6) is 0.277. The third-order valence-corrected chi connectivity index (χ3v) is 3.59. The summed E-state index contributed by atoms with van der Waals surface area (Å²) in [4.78, 5) is 24.7. The van der Waals surface area contributed by atoms with E-state index in [9.17, 15) is 9.59 Å². The molecule has 0 unspecified atom stereocenters. The lowest BCUT2D eigenvalue weighted by Crippen LogP contribution is -2.46. The van der Waals surface area contributed by atoms with Crippen molar-refractivity contribution in [2.45, 2.75) is 45.1 Å². The topological polar surface area (TPSA) is 49.4 Å². The van der Waals surface area contributed by atoms with Crippen molar-refractivity contribution in [1.29, 1.82) is 0 Å². The Balaban J connectivity index is 2.21. The van der Waals surface area contributed by atoms with E-state index in [-0.39, 0.29) is 17.9 Å². The zero-order valence-electron chi connectivity index (χ0n) is 10.4. The van der Waals surface area contributed by atoms with E-state index in [1.165, 1.54) is 6.92 Å². The van der Waals surface area contributed by atoms with E-state index in [4.69, 9.17) is 0 Å². The average molecular weight is 305 g/mol. The highest BCUT2D eigenvalue weighted by Gasteiger charge is 2.22. The number of halogens is 1.